The van der Waals surface area contributed by atoms with E-state index in [0.29, 0.717) is 6.10 Å². The van der Waals surface area contributed by atoms with Crippen molar-refractivity contribution in [2.24, 2.45) is 0 Å². The maximum Gasteiger partial charge on any atom is 0.191 e. The molecule has 2 heteroatoms. The van der Waals surface area contributed by atoms with Crippen LogP contribution in [-0.4, -0.2) is 14.4 Å². The highest BCUT2D eigenvalue weighted by Gasteiger charge is 2.24. The number of allylic oxidation sites excluding steroid dienone is 4. The Morgan fingerprint density at radius 3 is 2.62 bits per heavy atom. The molecule has 1 rings (SSSR count). The summed E-state index contributed by atoms with van der Waals surface area (Å²) in [5, 5.41) is 0. The Morgan fingerprint density at radius 1 is 1.46 bits per heavy atom. The molecule has 1 nitrogen and oxygen atoms in total. The van der Waals surface area contributed by atoms with Gasteiger partial charge in [0, 0.05) is 6.10 Å². The molecule has 0 amide bonds. The van der Waals surface area contributed by atoms with Crippen molar-refractivity contribution in [3.63, 3.8) is 0 Å². The Labute approximate surface area is 82.6 Å². The molecule has 0 saturated heterocycles. The first-order chi connectivity index (χ1) is 5.99. The van der Waals surface area contributed by atoms with E-state index in [4.69, 9.17) is 4.43 Å². The lowest BCUT2D eigenvalue weighted by atomic mass is 10.3. The van der Waals surface area contributed by atoms with Crippen LogP contribution in [0.1, 0.15) is 20.3 Å². The summed E-state index contributed by atoms with van der Waals surface area (Å²) in [5.74, 6) is 0. The van der Waals surface area contributed by atoms with Crippen molar-refractivity contribution in [1.29, 1.82) is 0 Å². The quantitative estimate of drug-likeness (QED) is 0.625. The minimum Gasteiger partial charge on any atom is -0.415 e. The van der Waals surface area contributed by atoms with Gasteiger partial charge in [-0.25, -0.2) is 0 Å². The molecular weight excluding hydrogens is 176 g/mol. The molecule has 0 atom stereocenters. The molecule has 0 aromatic heterocycles. The van der Waals surface area contributed by atoms with Crippen LogP contribution in [0.2, 0.25) is 19.1 Å². The molecule has 0 fully saturated rings. The van der Waals surface area contributed by atoms with Crippen LogP contribution in [0, 0.1) is 0 Å². The zero-order valence-corrected chi connectivity index (χ0v) is 10.1. The maximum atomic E-state index is 5.96. The van der Waals surface area contributed by atoms with Crippen LogP contribution < -0.4 is 0 Å². The Morgan fingerprint density at radius 2 is 2.15 bits per heavy atom. The average molecular weight is 196 g/mol. The van der Waals surface area contributed by atoms with Crippen LogP contribution in [0.5, 0.6) is 0 Å². The molecular formula is C11H20OSi. The summed E-state index contributed by atoms with van der Waals surface area (Å²) in [6.07, 6.45) is 8.24. The molecule has 0 unspecified atom stereocenters. The van der Waals surface area contributed by atoms with Crippen molar-refractivity contribution in [3.05, 3.63) is 23.8 Å². The van der Waals surface area contributed by atoms with Crippen LogP contribution in [0.15, 0.2) is 23.8 Å². The highest BCUT2D eigenvalue weighted by molar-refractivity contribution is 6.71. The van der Waals surface area contributed by atoms with Gasteiger partial charge in [-0.05, 0) is 39.4 Å². The van der Waals surface area contributed by atoms with Crippen LogP contribution in [0.4, 0.5) is 0 Å². The fraction of sp³-hybridized carbons (Fsp3) is 0.636. The van der Waals surface area contributed by atoms with Crippen molar-refractivity contribution in [3.8, 4) is 0 Å². The molecule has 0 spiro atoms. The lowest BCUT2D eigenvalue weighted by Gasteiger charge is -2.25. The number of hydrogen-bond acceptors (Lipinski definition) is 1. The summed E-state index contributed by atoms with van der Waals surface area (Å²) in [7, 11) is -1.45. The summed E-state index contributed by atoms with van der Waals surface area (Å²) < 4.78 is 5.96. The maximum absolute atomic E-state index is 5.96. The molecule has 0 saturated carbocycles. The molecule has 0 heterocycles. The normalized spacial score (nSPS) is 16.8. The second-order valence-corrected chi connectivity index (χ2v) is 8.63. The Balaban J connectivity index is 2.45. The summed E-state index contributed by atoms with van der Waals surface area (Å²) >= 11 is 0. The van der Waals surface area contributed by atoms with Gasteiger partial charge in [0.15, 0.2) is 8.32 Å². The Hall–Kier alpha value is -0.343. The Kier molecular flexibility index (Phi) is 3.51. The molecule has 74 valence electrons. The summed E-state index contributed by atoms with van der Waals surface area (Å²) in [4.78, 5) is 0. The van der Waals surface area contributed by atoms with Crippen molar-refractivity contribution < 1.29 is 4.43 Å². The second kappa shape index (κ2) is 4.25. The molecule has 1 aliphatic carbocycles. The van der Waals surface area contributed by atoms with E-state index in [-0.39, 0.29) is 0 Å². The number of hydrogen-bond donors (Lipinski definition) is 0. The minimum absolute atomic E-state index is 0.368. The van der Waals surface area contributed by atoms with E-state index in [0.717, 1.165) is 12.5 Å². The van der Waals surface area contributed by atoms with Gasteiger partial charge in [0.1, 0.15) is 0 Å². The predicted octanol–water partition coefficient (Wildman–Crippen LogP) is 3.50. The lowest BCUT2D eigenvalue weighted by Crippen LogP contribution is -2.33. The average Bonchev–Trinajstić information content (AvgIpc) is 2.34. The predicted molar refractivity (Wildman–Crippen MR) is 60.4 cm³/mol. The fourth-order valence-corrected chi connectivity index (χ4v) is 4.41. The second-order valence-electron chi connectivity index (χ2n) is 4.52. The molecule has 0 bridgehead atoms. The van der Waals surface area contributed by atoms with Gasteiger partial charge in [-0.3, -0.25) is 0 Å². The van der Waals surface area contributed by atoms with E-state index in [2.05, 4.69) is 45.2 Å². The van der Waals surface area contributed by atoms with Crippen molar-refractivity contribution in [1.82, 2.24) is 0 Å². The Bertz CT molecular complexity index is 226. The van der Waals surface area contributed by atoms with Gasteiger partial charge in [-0.1, -0.05) is 23.8 Å². The molecule has 13 heavy (non-hydrogen) atoms. The first-order valence-corrected chi connectivity index (χ1v) is 8.14. The van der Waals surface area contributed by atoms with Crippen LogP contribution >= 0.6 is 0 Å². The molecule has 0 aromatic rings. The topological polar surface area (TPSA) is 9.23 Å². The SMILES string of the molecule is CC(C)O[Si](C)(C)CC1=CCC=C1. The van der Waals surface area contributed by atoms with E-state index in [1.54, 1.807) is 0 Å². The summed E-state index contributed by atoms with van der Waals surface area (Å²) in [6, 6.07) is 1.15. The minimum atomic E-state index is -1.45. The van der Waals surface area contributed by atoms with Gasteiger partial charge in [0.05, 0.1) is 0 Å². The third-order valence-corrected chi connectivity index (χ3v) is 4.40. The van der Waals surface area contributed by atoms with E-state index in [9.17, 15) is 0 Å². The number of rotatable bonds is 4. The van der Waals surface area contributed by atoms with Crippen molar-refractivity contribution in [2.45, 2.75) is 45.5 Å². The monoisotopic (exact) mass is 196 g/mol. The van der Waals surface area contributed by atoms with Crippen molar-refractivity contribution in [2.75, 3.05) is 0 Å². The van der Waals surface area contributed by atoms with E-state index < -0.39 is 8.32 Å². The molecule has 1 aliphatic rings. The van der Waals surface area contributed by atoms with Gasteiger partial charge in [-0.2, -0.15) is 0 Å². The molecule has 0 aromatic carbocycles. The summed E-state index contributed by atoms with van der Waals surface area (Å²) in [5.41, 5.74) is 1.47. The van der Waals surface area contributed by atoms with E-state index in [1.165, 1.54) is 5.57 Å². The summed E-state index contributed by atoms with van der Waals surface area (Å²) in [6.45, 7) is 8.82. The van der Waals surface area contributed by atoms with Crippen LogP contribution in [-0.2, 0) is 4.43 Å². The molecule has 0 N–H and O–H groups in total. The zero-order chi connectivity index (χ0) is 9.90. The highest BCUT2D eigenvalue weighted by Crippen LogP contribution is 2.23. The standard InChI is InChI=1S/C11H20OSi/c1-10(2)12-13(3,4)9-11-7-5-6-8-11/h5,7-8,10H,6,9H2,1-4H3. The largest absolute Gasteiger partial charge is 0.415 e. The third kappa shape index (κ3) is 3.92. The van der Waals surface area contributed by atoms with Crippen LogP contribution in [0.25, 0.3) is 0 Å². The van der Waals surface area contributed by atoms with Gasteiger partial charge < -0.3 is 4.43 Å². The van der Waals surface area contributed by atoms with E-state index in [1.807, 2.05) is 0 Å². The molecule has 0 aliphatic heterocycles. The van der Waals surface area contributed by atoms with Gasteiger partial charge in [-0.15, -0.1) is 0 Å². The first kappa shape index (κ1) is 10.7. The van der Waals surface area contributed by atoms with Gasteiger partial charge >= 0.3 is 0 Å². The zero-order valence-electron chi connectivity index (χ0n) is 9.13. The van der Waals surface area contributed by atoms with E-state index >= 15 is 0 Å². The van der Waals surface area contributed by atoms with Gasteiger partial charge in [0.25, 0.3) is 0 Å². The lowest BCUT2D eigenvalue weighted by molar-refractivity contribution is 0.232. The first-order valence-electron chi connectivity index (χ1n) is 5.03. The van der Waals surface area contributed by atoms with Crippen LogP contribution in [0.3, 0.4) is 0 Å². The highest BCUT2D eigenvalue weighted by atomic mass is 28.4. The van der Waals surface area contributed by atoms with Crippen molar-refractivity contribution >= 4 is 8.32 Å². The molecule has 0 radical (unpaired) electrons. The van der Waals surface area contributed by atoms with Gasteiger partial charge in [0.2, 0.25) is 0 Å². The third-order valence-electron chi connectivity index (χ3n) is 2.03. The smallest absolute Gasteiger partial charge is 0.191 e. The fourth-order valence-electron chi connectivity index (χ4n) is 1.81.